The lowest BCUT2D eigenvalue weighted by Crippen LogP contribution is -1.95. The van der Waals surface area contributed by atoms with Crippen LogP contribution in [0.2, 0.25) is 0 Å². The van der Waals surface area contributed by atoms with Gasteiger partial charge in [0.15, 0.2) is 0 Å². The lowest BCUT2D eigenvalue weighted by atomic mass is 10.0. The van der Waals surface area contributed by atoms with Crippen LogP contribution in [0.5, 0.6) is 0 Å². The summed E-state index contributed by atoms with van der Waals surface area (Å²) in [7, 11) is 0. The molecule has 0 radical (unpaired) electrons. The molecule has 428 valence electrons. The molecule has 0 amide bonds. The highest BCUT2D eigenvalue weighted by molar-refractivity contribution is 6.29. The van der Waals surface area contributed by atoms with E-state index in [4.69, 9.17) is 8.83 Å². The Balaban J connectivity index is 0.000000129. The summed E-state index contributed by atoms with van der Waals surface area (Å²) >= 11 is 0. The molecule has 15 aromatic carbocycles. The van der Waals surface area contributed by atoms with Gasteiger partial charge in [-0.25, -0.2) is 0 Å². The van der Waals surface area contributed by atoms with Gasteiger partial charge in [-0.1, -0.05) is 188 Å². The first-order valence-electron chi connectivity index (χ1n) is 31.5. The van der Waals surface area contributed by atoms with Crippen molar-refractivity contribution in [2.45, 2.75) is 0 Å². The van der Waals surface area contributed by atoms with Crippen molar-refractivity contribution < 1.29 is 8.83 Å². The van der Waals surface area contributed by atoms with E-state index in [1.165, 1.54) is 87.1 Å². The molecular formula is C86H52N4O2. The molecule has 0 fully saturated rings. The number of rotatable bonds is 5. The normalized spacial score (nSPS) is 12.1. The van der Waals surface area contributed by atoms with Gasteiger partial charge in [0.1, 0.15) is 22.3 Å². The molecule has 6 heteroatoms. The molecule has 0 atom stereocenters. The van der Waals surface area contributed by atoms with Gasteiger partial charge < -0.3 is 27.1 Å². The van der Waals surface area contributed by atoms with Crippen LogP contribution in [0, 0.1) is 0 Å². The number of hydrogen-bond acceptors (Lipinski definition) is 2. The van der Waals surface area contributed by atoms with E-state index in [0.29, 0.717) is 0 Å². The molecule has 0 aliphatic heterocycles. The molecule has 0 unspecified atom stereocenters. The van der Waals surface area contributed by atoms with Gasteiger partial charge in [0.25, 0.3) is 0 Å². The first kappa shape index (κ1) is 50.6. The maximum absolute atomic E-state index is 6.65. The Kier molecular flexibility index (Phi) is 10.8. The zero-order valence-electron chi connectivity index (χ0n) is 49.6. The number of benzene rings is 15. The molecule has 0 bridgehead atoms. The third-order valence-corrected chi connectivity index (χ3v) is 19.4. The Morgan fingerprint density at radius 2 is 0.565 bits per heavy atom. The van der Waals surface area contributed by atoms with E-state index in [1.807, 2.05) is 12.1 Å². The largest absolute Gasteiger partial charge is 0.455 e. The van der Waals surface area contributed by atoms with Crippen LogP contribution in [0.25, 0.3) is 187 Å². The number of hydrogen-bond donors (Lipinski definition) is 0. The molecule has 0 saturated carbocycles. The SMILES string of the molecule is c1ccc(-n2c3cc4c(cc3c3c5oc6ccccc6c5ccc32)c2ccccc2n4-c2ccc(-c3ccc4ccccc4c3)cc2)cc1.c1ccc(-n2c3cc4c(cc3c3c5oc6ccccc6c5ccc32)c2ccccc2n4-c2ccc3ccccc3c2)cc1. The van der Waals surface area contributed by atoms with Gasteiger partial charge in [-0.3, -0.25) is 0 Å². The minimum atomic E-state index is 0.912. The molecule has 0 aliphatic rings. The van der Waals surface area contributed by atoms with Crippen LogP contribution in [-0.4, -0.2) is 18.3 Å². The monoisotopic (exact) mass is 1170 g/mol. The summed E-state index contributed by atoms with van der Waals surface area (Å²) in [6, 6.07) is 114. The number of fused-ring (bicyclic) bond motifs is 22. The standard InChI is InChI=1S/C46H28N2O.C40H24N2O/c1-2-12-33(13-3-1)48-41-25-24-37-36-15-7-9-17-44(36)49-46(37)45(41)39-27-38-35-14-6-8-16-40(35)47(42(38)28-43(39)48)34-22-20-30(21-23-34)32-19-18-29-10-4-5-11-31(29)26-32;1-2-12-27(13-3-1)41-35-21-20-31-30-15-7-9-17-38(30)43-40(31)39(35)33-23-32-29-14-6-8-16-34(29)42(36(32)24-37(33)41)28-19-18-25-10-4-5-11-26(25)22-28/h1-28H;1-24H. The summed E-state index contributed by atoms with van der Waals surface area (Å²) in [4.78, 5) is 0. The topological polar surface area (TPSA) is 46.0 Å². The van der Waals surface area contributed by atoms with Crippen LogP contribution < -0.4 is 0 Å². The summed E-state index contributed by atoms with van der Waals surface area (Å²) < 4.78 is 22.9. The molecule has 0 N–H and O–H groups in total. The van der Waals surface area contributed by atoms with E-state index in [-0.39, 0.29) is 0 Å². The maximum atomic E-state index is 6.65. The van der Waals surface area contributed by atoms with E-state index >= 15 is 0 Å². The van der Waals surface area contributed by atoms with Crippen molar-refractivity contribution >= 4 is 153 Å². The van der Waals surface area contributed by atoms with Crippen LogP contribution in [0.3, 0.4) is 0 Å². The molecule has 6 aromatic heterocycles. The van der Waals surface area contributed by atoms with Gasteiger partial charge in [0.2, 0.25) is 0 Å². The molecule has 0 saturated heterocycles. The molecule has 21 rings (SSSR count). The summed E-state index contributed by atoms with van der Waals surface area (Å²) in [6.07, 6.45) is 0. The average molecular weight is 1170 g/mol. The molecule has 92 heavy (non-hydrogen) atoms. The molecule has 0 spiro atoms. The summed E-state index contributed by atoms with van der Waals surface area (Å²) in [5.41, 5.74) is 20.0. The van der Waals surface area contributed by atoms with Crippen molar-refractivity contribution in [3.05, 3.63) is 315 Å². The van der Waals surface area contributed by atoms with Crippen molar-refractivity contribution in [3.8, 4) is 33.9 Å². The second-order valence-corrected chi connectivity index (χ2v) is 24.3. The van der Waals surface area contributed by atoms with Gasteiger partial charge in [-0.05, 0) is 160 Å². The van der Waals surface area contributed by atoms with Crippen LogP contribution in [-0.2, 0) is 0 Å². The maximum Gasteiger partial charge on any atom is 0.145 e. The predicted molar refractivity (Wildman–Crippen MR) is 385 cm³/mol. The van der Waals surface area contributed by atoms with Gasteiger partial charge >= 0.3 is 0 Å². The molecule has 21 aromatic rings. The summed E-state index contributed by atoms with van der Waals surface area (Å²) in [6.45, 7) is 0. The van der Waals surface area contributed by atoms with Crippen molar-refractivity contribution in [3.63, 3.8) is 0 Å². The molecule has 0 aliphatic carbocycles. The predicted octanol–water partition coefficient (Wildman–Crippen LogP) is 23.5. The Bertz CT molecular complexity index is 6610. The van der Waals surface area contributed by atoms with E-state index in [1.54, 1.807) is 0 Å². The van der Waals surface area contributed by atoms with Crippen molar-refractivity contribution in [1.82, 2.24) is 18.3 Å². The fourth-order valence-electron chi connectivity index (χ4n) is 15.2. The second-order valence-electron chi connectivity index (χ2n) is 24.3. The first-order chi connectivity index (χ1) is 45.6. The van der Waals surface area contributed by atoms with Gasteiger partial charge in [-0.15, -0.1) is 0 Å². The van der Waals surface area contributed by atoms with Crippen LogP contribution >= 0.6 is 0 Å². The highest BCUT2D eigenvalue weighted by Gasteiger charge is 2.25. The van der Waals surface area contributed by atoms with E-state index < -0.39 is 0 Å². The fraction of sp³-hybridized carbons (Fsp3) is 0. The average Bonchev–Trinajstić information content (AvgIpc) is 1.56. The Morgan fingerprint density at radius 3 is 1.10 bits per heavy atom. The second kappa shape index (κ2) is 19.6. The van der Waals surface area contributed by atoms with E-state index in [0.717, 1.165) is 99.5 Å². The Labute approximate surface area is 526 Å². The Morgan fingerprint density at radius 1 is 0.185 bits per heavy atom. The number of furan rings is 2. The first-order valence-corrected chi connectivity index (χ1v) is 31.5. The third kappa shape index (κ3) is 7.43. The summed E-state index contributed by atoms with van der Waals surface area (Å²) in [5, 5.41) is 19.2. The lowest BCUT2D eigenvalue weighted by Gasteiger charge is -2.11. The zero-order valence-corrected chi connectivity index (χ0v) is 49.6. The van der Waals surface area contributed by atoms with Crippen LogP contribution in [0.1, 0.15) is 0 Å². The van der Waals surface area contributed by atoms with Crippen molar-refractivity contribution in [2.24, 2.45) is 0 Å². The van der Waals surface area contributed by atoms with Gasteiger partial charge in [0.05, 0.1) is 54.9 Å². The quantitative estimate of drug-likeness (QED) is 0.172. The van der Waals surface area contributed by atoms with Gasteiger partial charge in [-0.2, -0.15) is 0 Å². The fourth-order valence-corrected chi connectivity index (χ4v) is 15.2. The van der Waals surface area contributed by atoms with Crippen molar-refractivity contribution in [1.29, 1.82) is 0 Å². The molecular weight excluding hydrogens is 1120 g/mol. The smallest absolute Gasteiger partial charge is 0.145 e. The molecule has 6 heterocycles. The number of para-hydroxylation sites is 6. The lowest BCUT2D eigenvalue weighted by molar-refractivity contribution is 0.672. The third-order valence-electron chi connectivity index (χ3n) is 19.4. The van der Waals surface area contributed by atoms with Crippen molar-refractivity contribution in [2.75, 3.05) is 0 Å². The minimum Gasteiger partial charge on any atom is -0.455 e. The molecule has 6 nitrogen and oxygen atoms in total. The zero-order chi connectivity index (χ0) is 60.1. The van der Waals surface area contributed by atoms with Gasteiger partial charge in [0, 0.05) is 76.6 Å². The number of nitrogens with zero attached hydrogens (tertiary/aromatic N) is 4. The highest BCUT2D eigenvalue weighted by Crippen LogP contribution is 2.47. The number of aromatic nitrogens is 4. The summed E-state index contributed by atoms with van der Waals surface area (Å²) in [5.74, 6) is 0. The van der Waals surface area contributed by atoms with E-state index in [9.17, 15) is 0 Å². The van der Waals surface area contributed by atoms with E-state index in [2.05, 4.69) is 322 Å². The van der Waals surface area contributed by atoms with Crippen LogP contribution in [0.4, 0.5) is 0 Å². The minimum absolute atomic E-state index is 0.912. The highest BCUT2D eigenvalue weighted by atomic mass is 16.3. The Hall–Kier alpha value is -12.4. The van der Waals surface area contributed by atoms with Crippen LogP contribution in [0.15, 0.2) is 324 Å².